The van der Waals surface area contributed by atoms with Crippen molar-refractivity contribution >= 4 is 57.8 Å². The van der Waals surface area contributed by atoms with Crippen molar-refractivity contribution in [3.63, 3.8) is 0 Å². The molecule has 7 rings (SSSR count). The van der Waals surface area contributed by atoms with Crippen LogP contribution in [0.4, 0.5) is 5.69 Å². The van der Waals surface area contributed by atoms with Gasteiger partial charge in [0.15, 0.2) is 24.6 Å². The third kappa shape index (κ3) is 11.7. The van der Waals surface area contributed by atoms with Crippen molar-refractivity contribution in [1.29, 1.82) is 0 Å². The van der Waals surface area contributed by atoms with Crippen LogP contribution in [0.15, 0.2) is 77.6 Å². The lowest BCUT2D eigenvalue weighted by molar-refractivity contribution is -0.276. The minimum Gasteiger partial charge on any atom is -0.463 e. The number of hydrogen-bond acceptors (Lipinski definition) is 15. The van der Waals surface area contributed by atoms with Gasteiger partial charge in [0.1, 0.15) is 18.8 Å². The van der Waals surface area contributed by atoms with Crippen LogP contribution in [0.5, 0.6) is 0 Å². The molecule has 0 saturated carbocycles. The summed E-state index contributed by atoms with van der Waals surface area (Å²) in [7, 11) is 0. The third-order valence-electron chi connectivity index (χ3n) is 12.0. The number of para-hydroxylation sites is 2. The number of fused-ring (bicyclic) bond motifs is 1. The summed E-state index contributed by atoms with van der Waals surface area (Å²) in [5, 5.41) is 13.0. The number of nitrogens with zero attached hydrogens (tertiary/aromatic N) is 2. The van der Waals surface area contributed by atoms with E-state index in [-0.39, 0.29) is 54.5 Å². The first-order chi connectivity index (χ1) is 31.2. The van der Waals surface area contributed by atoms with Crippen molar-refractivity contribution in [2.75, 3.05) is 31.6 Å². The van der Waals surface area contributed by atoms with Gasteiger partial charge in [-0.25, -0.2) is 4.79 Å². The Kier molecular flexibility index (Phi) is 15.5. The van der Waals surface area contributed by atoms with E-state index in [2.05, 4.69) is 22.1 Å². The molecule has 0 bridgehead atoms. The molecule has 17 nitrogen and oxygen atoms in total. The molecular formula is C47H56N4O13S. The molecule has 0 spiro atoms. The van der Waals surface area contributed by atoms with Gasteiger partial charge in [-0.15, -0.1) is 0 Å². The Hall–Kier alpha value is -5.50. The maximum absolute atomic E-state index is 13.0. The number of nitrogens with one attached hydrogen (secondary N) is 2. The number of rotatable bonds is 14. The van der Waals surface area contributed by atoms with E-state index in [9.17, 15) is 29.1 Å². The van der Waals surface area contributed by atoms with Gasteiger partial charge >= 0.3 is 29.6 Å². The van der Waals surface area contributed by atoms with E-state index in [0.717, 1.165) is 67.5 Å². The summed E-state index contributed by atoms with van der Waals surface area (Å²) in [5.74, 6) is -2.84. The average molecular weight is 917 g/mol. The van der Waals surface area contributed by atoms with Gasteiger partial charge in [-0.3, -0.25) is 23.7 Å². The van der Waals surface area contributed by atoms with Crippen LogP contribution in [0.3, 0.4) is 0 Å². The molecule has 348 valence electrons. The number of aromatic amines is 1. The first kappa shape index (κ1) is 47.5. The molecule has 3 fully saturated rings. The molecule has 3 saturated heterocycles. The lowest BCUT2D eigenvalue weighted by atomic mass is 9.89. The topological polar surface area (TPSA) is 206 Å². The predicted octanol–water partition coefficient (Wildman–Crippen LogP) is 5.21. The second-order valence-corrected chi connectivity index (χ2v) is 17.3. The summed E-state index contributed by atoms with van der Waals surface area (Å²) in [4.78, 5) is 67.3. The van der Waals surface area contributed by atoms with Gasteiger partial charge in [-0.1, -0.05) is 67.7 Å². The Balaban J connectivity index is 1.08. The number of carbonyl (C=O) groups is 4. The molecule has 0 aliphatic carbocycles. The number of esters is 4. The van der Waals surface area contributed by atoms with Crippen molar-refractivity contribution in [1.82, 2.24) is 14.5 Å². The minimum absolute atomic E-state index is 0.0494. The number of H-pyrrole nitrogens is 1. The van der Waals surface area contributed by atoms with Crippen molar-refractivity contribution in [2.24, 2.45) is 5.92 Å². The number of hydrogen-bond donors (Lipinski definition) is 3. The number of thiocarbonyl (C=S) groups is 1. The molecule has 4 heterocycles. The Bertz CT molecular complexity index is 2400. The number of ether oxygens (including phenoxy) is 7. The van der Waals surface area contributed by atoms with Gasteiger partial charge in [0.05, 0.1) is 34.8 Å². The average Bonchev–Trinajstić information content (AvgIpc) is 3.61. The molecule has 3 aromatic carbocycles. The maximum atomic E-state index is 13.0. The molecule has 3 aliphatic rings. The Labute approximate surface area is 381 Å². The number of carbonyl (C=O) groups excluding carboxylic acids is 4. The van der Waals surface area contributed by atoms with Crippen molar-refractivity contribution in [2.45, 2.75) is 116 Å². The fourth-order valence-corrected chi connectivity index (χ4v) is 9.30. The SMILES string of the molecule is CC(=O)OC[C@H]1O[C@@H](CC(=S)Nc2cccc(C3O[C@H](CN4CCC(n5c(=O)[nH]c6ccccc65)CC4)[C@H](C)[C@H](c4ccc(CO)cc4)O3)c2)[C@H](OC(C)=O)[C@@H](OC(C)=O)[C@@H]1OC(C)=O. The lowest BCUT2D eigenvalue weighted by Crippen LogP contribution is -2.62. The molecular weight excluding hydrogens is 861 g/mol. The van der Waals surface area contributed by atoms with Crippen LogP contribution in [0, 0.1) is 5.92 Å². The number of benzene rings is 3. The number of aliphatic hydroxyl groups excluding tert-OH is 1. The highest BCUT2D eigenvalue weighted by Crippen LogP contribution is 2.43. The predicted molar refractivity (Wildman–Crippen MR) is 239 cm³/mol. The van der Waals surface area contributed by atoms with Crippen LogP contribution < -0.4 is 11.0 Å². The zero-order valence-electron chi connectivity index (χ0n) is 37.0. The van der Waals surface area contributed by atoms with Crippen LogP contribution in [0.1, 0.15) is 89.0 Å². The van der Waals surface area contributed by atoms with E-state index >= 15 is 0 Å². The highest BCUT2D eigenvalue weighted by Gasteiger charge is 2.52. The molecule has 3 aliphatic heterocycles. The maximum Gasteiger partial charge on any atom is 0.326 e. The van der Waals surface area contributed by atoms with Gasteiger partial charge in [-0.2, -0.15) is 0 Å². The smallest absolute Gasteiger partial charge is 0.326 e. The highest BCUT2D eigenvalue weighted by molar-refractivity contribution is 7.80. The van der Waals surface area contributed by atoms with E-state index in [0.29, 0.717) is 12.2 Å². The summed E-state index contributed by atoms with van der Waals surface area (Å²) in [6, 6.07) is 23.0. The number of aliphatic hydroxyl groups is 1. The van der Waals surface area contributed by atoms with Gasteiger partial charge in [0.25, 0.3) is 0 Å². The minimum atomic E-state index is -1.31. The molecule has 3 N–H and O–H groups in total. The first-order valence-corrected chi connectivity index (χ1v) is 22.2. The van der Waals surface area contributed by atoms with E-state index < -0.39 is 60.7 Å². The molecule has 9 atom stereocenters. The fourth-order valence-electron chi connectivity index (χ4n) is 9.02. The lowest BCUT2D eigenvalue weighted by Gasteiger charge is -2.44. The quantitative estimate of drug-likeness (QED) is 0.0844. The molecule has 65 heavy (non-hydrogen) atoms. The van der Waals surface area contributed by atoms with Gasteiger partial charge in [0, 0.05) is 77.0 Å². The fraction of sp³-hybridized carbons (Fsp3) is 0.489. The first-order valence-electron chi connectivity index (χ1n) is 21.8. The highest BCUT2D eigenvalue weighted by atomic mass is 32.1. The van der Waals surface area contributed by atoms with Crippen LogP contribution in [-0.2, 0) is 58.9 Å². The van der Waals surface area contributed by atoms with Crippen LogP contribution >= 0.6 is 12.2 Å². The van der Waals surface area contributed by atoms with E-state index in [4.69, 9.17) is 45.4 Å². The zero-order chi connectivity index (χ0) is 46.4. The van der Waals surface area contributed by atoms with E-state index in [1.807, 2.05) is 77.4 Å². The zero-order valence-corrected chi connectivity index (χ0v) is 37.8. The monoisotopic (exact) mass is 916 g/mol. The van der Waals surface area contributed by atoms with Crippen molar-refractivity contribution < 1.29 is 57.4 Å². The Morgan fingerprint density at radius 1 is 0.785 bits per heavy atom. The molecule has 0 amide bonds. The molecule has 18 heteroatoms. The normalized spacial score (nSPS) is 26.2. The number of imidazole rings is 1. The summed E-state index contributed by atoms with van der Waals surface area (Å²) in [6.45, 7) is 8.60. The van der Waals surface area contributed by atoms with Gasteiger partial charge in [-0.05, 0) is 48.2 Å². The van der Waals surface area contributed by atoms with Crippen LogP contribution in [0.25, 0.3) is 11.0 Å². The number of piperidine rings is 1. The Morgan fingerprint density at radius 2 is 1.45 bits per heavy atom. The number of likely N-dealkylation sites (tertiary alicyclic amines) is 1. The Morgan fingerprint density at radius 3 is 2.11 bits per heavy atom. The van der Waals surface area contributed by atoms with Gasteiger partial charge in [0.2, 0.25) is 0 Å². The molecule has 1 aromatic heterocycles. The largest absolute Gasteiger partial charge is 0.463 e. The molecule has 4 aromatic rings. The molecule has 0 radical (unpaired) electrons. The van der Waals surface area contributed by atoms with E-state index in [1.165, 1.54) is 13.8 Å². The second-order valence-electron chi connectivity index (χ2n) is 16.8. The van der Waals surface area contributed by atoms with Gasteiger partial charge < -0.3 is 53.5 Å². The van der Waals surface area contributed by atoms with Crippen LogP contribution in [-0.4, -0.2) is 111 Å². The number of anilines is 1. The summed E-state index contributed by atoms with van der Waals surface area (Å²) >= 11 is 5.83. The summed E-state index contributed by atoms with van der Waals surface area (Å²) in [6.07, 6.45) is -5.80. The van der Waals surface area contributed by atoms with Crippen molar-refractivity contribution in [3.8, 4) is 0 Å². The van der Waals surface area contributed by atoms with Crippen LogP contribution in [0.2, 0.25) is 0 Å². The standard InChI is InChI=1S/C47H56N4O13S/c1-26-39(23-50-19-17-35(18-20-50)51-37-12-7-6-11-36(37)49-47(51)57)63-46(64-42(26)32-15-13-31(24-52)14-16-32)33-9-8-10-34(21-33)48-41(65)22-38-43(59-28(3)54)45(61-30(5)56)44(60-29(4)55)40(62-38)25-58-27(2)53/h6-16,21,26,35,38-40,42-46,52H,17-20,22-25H2,1-5H3,(H,48,65)(H,49,57)/t26-,38-,39+,40+,42+,43-,44+,45+,46?/m0/s1. The second kappa shape index (κ2) is 21.2. The molecule has 1 unspecified atom stereocenters. The number of aromatic nitrogens is 2. The summed E-state index contributed by atoms with van der Waals surface area (Å²) in [5.41, 5.74) is 4.70. The van der Waals surface area contributed by atoms with E-state index in [1.54, 1.807) is 0 Å². The summed E-state index contributed by atoms with van der Waals surface area (Å²) < 4.78 is 43.7. The van der Waals surface area contributed by atoms with Crippen molar-refractivity contribution in [3.05, 3.63) is 100.0 Å². The third-order valence-corrected chi connectivity index (χ3v) is 12.3.